The Morgan fingerprint density at radius 1 is 0.708 bits per heavy atom. The topological polar surface area (TPSA) is 68.3 Å². The summed E-state index contributed by atoms with van der Waals surface area (Å²) in [5.41, 5.74) is 0. The fourth-order valence-corrected chi connectivity index (χ4v) is 2.68. The van der Waals surface area contributed by atoms with E-state index in [2.05, 4.69) is 0 Å². The molecule has 0 aromatic carbocycles. The van der Waals surface area contributed by atoms with E-state index >= 15 is 0 Å². The van der Waals surface area contributed by atoms with Crippen molar-refractivity contribution in [3.05, 3.63) is 12.2 Å². The number of rotatable bonds is 16. The van der Waals surface area contributed by atoms with E-state index in [1.807, 2.05) is 26.0 Å². The van der Waals surface area contributed by atoms with E-state index in [0.717, 1.165) is 63.7 Å². The number of aldehydes is 4. The van der Waals surface area contributed by atoms with Gasteiger partial charge in [0.15, 0.2) is 0 Å². The Balaban J connectivity index is 4.12. The number of hydrogen-bond donors (Lipinski definition) is 0. The summed E-state index contributed by atoms with van der Waals surface area (Å²) in [5.74, 6) is -0.204. The second-order valence-electron chi connectivity index (χ2n) is 6.63. The molecule has 0 fully saturated rings. The average Bonchev–Trinajstić information content (AvgIpc) is 2.62. The molecule has 0 aliphatic rings. The lowest BCUT2D eigenvalue weighted by atomic mass is 9.89. The van der Waals surface area contributed by atoms with Crippen LogP contribution in [0.25, 0.3) is 0 Å². The maximum atomic E-state index is 11.2. The minimum atomic E-state index is -0.111. The monoisotopic (exact) mass is 336 g/mol. The molecule has 0 aliphatic carbocycles. The quantitative estimate of drug-likeness (QED) is 0.316. The van der Waals surface area contributed by atoms with Gasteiger partial charge in [-0.3, -0.25) is 0 Å². The summed E-state index contributed by atoms with van der Waals surface area (Å²) >= 11 is 0. The molecule has 136 valence electrons. The van der Waals surface area contributed by atoms with Crippen molar-refractivity contribution >= 4 is 25.1 Å². The minimum Gasteiger partial charge on any atom is -0.303 e. The standard InChI is InChI=1S/C20H32O4/c1-3-4-6-18(14-22)11-12-20(16-24)8-5-7-19(15-23)10-9-17(2)13-21/h4,6,13-20H,3,5,7-12H2,1-2H3. The van der Waals surface area contributed by atoms with Gasteiger partial charge in [0.05, 0.1) is 0 Å². The van der Waals surface area contributed by atoms with Crippen LogP contribution < -0.4 is 0 Å². The van der Waals surface area contributed by atoms with Gasteiger partial charge in [0.1, 0.15) is 25.1 Å². The first-order valence-electron chi connectivity index (χ1n) is 9.09. The Morgan fingerprint density at radius 3 is 1.75 bits per heavy atom. The highest BCUT2D eigenvalue weighted by Crippen LogP contribution is 2.21. The molecule has 4 atom stereocenters. The first-order chi connectivity index (χ1) is 11.6. The molecule has 4 unspecified atom stereocenters. The van der Waals surface area contributed by atoms with Crippen LogP contribution in [0.15, 0.2) is 12.2 Å². The van der Waals surface area contributed by atoms with Crippen LogP contribution >= 0.6 is 0 Å². The molecule has 0 radical (unpaired) electrons. The highest BCUT2D eigenvalue weighted by atomic mass is 16.1. The predicted molar refractivity (Wildman–Crippen MR) is 95.6 cm³/mol. The van der Waals surface area contributed by atoms with E-state index in [9.17, 15) is 19.2 Å². The van der Waals surface area contributed by atoms with Crippen LogP contribution in [-0.2, 0) is 19.2 Å². The molecule has 4 nitrogen and oxygen atoms in total. The van der Waals surface area contributed by atoms with Gasteiger partial charge in [0, 0.05) is 23.7 Å². The molecule has 0 amide bonds. The molecule has 24 heavy (non-hydrogen) atoms. The Morgan fingerprint density at radius 2 is 1.29 bits per heavy atom. The highest BCUT2D eigenvalue weighted by Gasteiger charge is 2.14. The molecule has 0 heterocycles. The molecule has 4 heteroatoms. The lowest BCUT2D eigenvalue weighted by Crippen LogP contribution is -2.09. The molecule has 0 bridgehead atoms. The van der Waals surface area contributed by atoms with Crippen molar-refractivity contribution in [3.8, 4) is 0 Å². The zero-order chi connectivity index (χ0) is 18.2. The van der Waals surface area contributed by atoms with Gasteiger partial charge in [0.2, 0.25) is 0 Å². The van der Waals surface area contributed by atoms with Crippen molar-refractivity contribution in [2.24, 2.45) is 23.7 Å². The van der Waals surface area contributed by atoms with Gasteiger partial charge in [-0.1, -0.05) is 32.4 Å². The van der Waals surface area contributed by atoms with Crippen LogP contribution in [-0.4, -0.2) is 25.1 Å². The molecule has 0 saturated heterocycles. The first kappa shape index (κ1) is 22.4. The largest absolute Gasteiger partial charge is 0.303 e. The summed E-state index contributed by atoms with van der Waals surface area (Å²) in [4.78, 5) is 43.9. The van der Waals surface area contributed by atoms with Crippen LogP contribution in [0.2, 0.25) is 0 Å². The maximum Gasteiger partial charge on any atom is 0.126 e. The fraction of sp³-hybridized carbons (Fsp3) is 0.700. The summed E-state index contributed by atoms with van der Waals surface area (Å²) in [6, 6.07) is 0. The van der Waals surface area contributed by atoms with Gasteiger partial charge in [-0.05, 0) is 44.9 Å². The third kappa shape index (κ3) is 11.0. The smallest absolute Gasteiger partial charge is 0.126 e. The number of carbonyl (C=O) groups excluding carboxylic acids is 4. The molecule has 0 aliphatic heterocycles. The Kier molecular flexibility index (Phi) is 14.0. The minimum absolute atomic E-state index is 0.00776. The molecule has 0 saturated carbocycles. The molecular weight excluding hydrogens is 304 g/mol. The molecule has 0 aromatic heterocycles. The van der Waals surface area contributed by atoms with E-state index < -0.39 is 0 Å². The van der Waals surface area contributed by atoms with E-state index in [1.54, 1.807) is 0 Å². The molecule has 0 rings (SSSR count). The summed E-state index contributed by atoms with van der Waals surface area (Å²) in [6.07, 6.45) is 13.7. The van der Waals surface area contributed by atoms with Crippen LogP contribution in [0.4, 0.5) is 0 Å². The van der Waals surface area contributed by atoms with Gasteiger partial charge in [0.25, 0.3) is 0 Å². The van der Waals surface area contributed by atoms with Gasteiger partial charge < -0.3 is 19.2 Å². The summed E-state index contributed by atoms with van der Waals surface area (Å²) < 4.78 is 0. The van der Waals surface area contributed by atoms with Gasteiger partial charge in [-0.25, -0.2) is 0 Å². The zero-order valence-corrected chi connectivity index (χ0v) is 15.1. The van der Waals surface area contributed by atoms with Crippen LogP contribution in [0.1, 0.15) is 65.2 Å². The third-order valence-corrected chi connectivity index (χ3v) is 4.42. The second-order valence-corrected chi connectivity index (χ2v) is 6.63. The molecule has 0 N–H and O–H groups in total. The van der Waals surface area contributed by atoms with E-state index in [0.29, 0.717) is 12.8 Å². The van der Waals surface area contributed by atoms with Crippen molar-refractivity contribution in [3.63, 3.8) is 0 Å². The van der Waals surface area contributed by atoms with Gasteiger partial charge in [-0.2, -0.15) is 0 Å². The van der Waals surface area contributed by atoms with Crippen molar-refractivity contribution in [1.82, 2.24) is 0 Å². The van der Waals surface area contributed by atoms with Crippen molar-refractivity contribution in [1.29, 1.82) is 0 Å². The van der Waals surface area contributed by atoms with Crippen LogP contribution in [0.5, 0.6) is 0 Å². The van der Waals surface area contributed by atoms with Crippen molar-refractivity contribution in [2.75, 3.05) is 0 Å². The van der Waals surface area contributed by atoms with Crippen molar-refractivity contribution < 1.29 is 19.2 Å². The number of hydrogen-bond acceptors (Lipinski definition) is 4. The number of carbonyl (C=O) groups is 4. The number of allylic oxidation sites excluding steroid dienone is 2. The third-order valence-electron chi connectivity index (χ3n) is 4.42. The summed E-state index contributed by atoms with van der Waals surface area (Å²) in [6.45, 7) is 3.87. The Bertz CT molecular complexity index is 389. The lowest BCUT2D eigenvalue weighted by molar-refractivity contribution is -0.113. The summed E-state index contributed by atoms with van der Waals surface area (Å²) in [5, 5.41) is 0. The predicted octanol–water partition coefficient (Wildman–Crippen LogP) is 3.96. The van der Waals surface area contributed by atoms with E-state index in [1.165, 1.54) is 0 Å². The highest BCUT2D eigenvalue weighted by molar-refractivity contribution is 5.57. The normalized spacial score (nSPS) is 16.2. The van der Waals surface area contributed by atoms with Gasteiger partial charge >= 0.3 is 0 Å². The molecular formula is C20H32O4. The second kappa shape index (κ2) is 15.0. The van der Waals surface area contributed by atoms with Gasteiger partial charge in [-0.15, -0.1) is 0 Å². The Labute approximate surface area is 146 Å². The van der Waals surface area contributed by atoms with E-state index in [4.69, 9.17) is 0 Å². The molecule has 0 spiro atoms. The SMILES string of the molecule is CCC=CC(C=O)CCC(C=O)CCCC(C=O)CCC(C)C=O. The van der Waals surface area contributed by atoms with Crippen molar-refractivity contribution in [2.45, 2.75) is 65.2 Å². The average molecular weight is 336 g/mol. The molecule has 0 aromatic rings. The fourth-order valence-electron chi connectivity index (χ4n) is 2.68. The zero-order valence-electron chi connectivity index (χ0n) is 15.1. The van der Waals surface area contributed by atoms with Crippen LogP contribution in [0.3, 0.4) is 0 Å². The summed E-state index contributed by atoms with van der Waals surface area (Å²) in [7, 11) is 0. The first-order valence-corrected chi connectivity index (χ1v) is 9.09. The maximum absolute atomic E-state index is 11.2. The van der Waals surface area contributed by atoms with E-state index in [-0.39, 0.29) is 23.7 Å². The van der Waals surface area contributed by atoms with Crippen LogP contribution in [0, 0.1) is 23.7 Å². The Hall–Kier alpha value is -1.58. The lowest BCUT2D eigenvalue weighted by Gasteiger charge is -2.14.